The maximum absolute atomic E-state index is 13.3. The number of hydrogen-bond acceptors (Lipinski definition) is 5. The zero-order valence-electron chi connectivity index (χ0n) is 19.1. The third-order valence-corrected chi connectivity index (χ3v) is 6.07. The van der Waals surface area contributed by atoms with E-state index in [0.717, 1.165) is 0 Å². The van der Waals surface area contributed by atoms with Gasteiger partial charge in [-0.2, -0.15) is 0 Å². The van der Waals surface area contributed by atoms with Crippen LogP contribution in [0.3, 0.4) is 0 Å². The third kappa shape index (κ3) is 4.85. The maximum Gasteiger partial charge on any atom is 0.300 e. The number of Topliss-reactive ketones (excluding diaryl/α,β-unsaturated/α-hetero) is 1. The number of ketones is 1. The predicted octanol–water partition coefficient (Wildman–Crippen LogP) is 6.42. The molecule has 180 valence electrons. The lowest BCUT2D eigenvalue weighted by Gasteiger charge is -2.26. The van der Waals surface area contributed by atoms with E-state index in [1.807, 2.05) is 13.8 Å². The first-order valence-electron chi connectivity index (χ1n) is 11.1. The Hall–Kier alpha value is -3.48. The van der Waals surface area contributed by atoms with Gasteiger partial charge in [0.05, 0.1) is 29.9 Å². The quantitative estimate of drug-likeness (QED) is 0.225. The molecule has 1 aliphatic rings. The molecule has 1 saturated heterocycles. The molecular formula is C27H23Cl2NO5. The Balaban J connectivity index is 1.94. The van der Waals surface area contributed by atoms with Gasteiger partial charge in [-0.15, -0.1) is 0 Å². The minimum Gasteiger partial charge on any atom is -0.507 e. The van der Waals surface area contributed by atoms with Crippen LogP contribution in [-0.4, -0.2) is 30.0 Å². The van der Waals surface area contributed by atoms with E-state index in [0.29, 0.717) is 51.6 Å². The van der Waals surface area contributed by atoms with Gasteiger partial charge < -0.3 is 14.6 Å². The van der Waals surface area contributed by atoms with Crippen LogP contribution in [0, 0.1) is 0 Å². The van der Waals surface area contributed by atoms with Crippen molar-refractivity contribution in [3.8, 4) is 11.5 Å². The summed E-state index contributed by atoms with van der Waals surface area (Å²) < 4.78 is 11.2. The number of halogens is 2. The van der Waals surface area contributed by atoms with Crippen molar-refractivity contribution in [3.05, 3.63) is 93.5 Å². The number of aliphatic hydroxyl groups excluding tert-OH is 1. The number of anilines is 1. The molecule has 1 atom stereocenters. The molecule has 3 aromatic rings. The first-order chi connectivity index (χ1) is 16.8. The Labute approximate surface area is 213 Å². The molecule has 0 spiro atoms. The monoisotopic (exact) mass is 511 g/mol. The van der Waals surface area contributed by atoms with Crippen LogP contribution in [0.2, 0.25) is 10.0 Å². The summed E-state index contributed by atoms with van der Waals surface area (Å²) in [6, 6.07) is 17.5. The molecule has 1 amide bonds. The molecule has 3 aromatic carbocycles. The smallest absolute Gasteiger partial charge is 0.300 e. The number of carbonyl (C=O) groups is 2. The molecule has 4 rings (SSSR count). The Bertz CT molecular complexity index is 1320. The first kappa shape index (κ1) is 24.6. The van der Waals surface area contributed by atoms with Crippen molar-refractivity contribution in [2.75, 3.05) is 18.1 Å². The van der Waals surface area contributed by atoms with Gasteiger partial charge >= 0.3 is 0 Å². The zero-order valence-corrected chi connectivity index (χ0v) is 20.6. The molecule has 0 aliphatic carbocycles. The standard InChI is InChI=1S/C27H23Cl2NO5/c1-3-34-20-10-5-7-16(13-20)24-23(25(31)17-11-12-21(29)22(14-17)35-4-2)26(32)27(33)30(24)19-9-6-8-18(28)15-19/h5-15,24,31H,3-4H2,1-2H3/b25-23+. The molecule has 1 N–H and O–H groups in total. The molecule has 0 saturated carbocycles. The lowest BCUT2D eigenvalue weighted by Crippen LogP contribution is -2.29. The topological polar surface area (TPSA) is 76.1 Å². The number of amides is 1. The van der Waals surface area contributed by atoms with E-state index in [1.54, 1.807) is 66.7 Å². The van der Waals surface area contributed by atoms with Gasteiger partial charge in [-0.1, -0.05) is 41.4 Å². The fourth-order valence-corrected chi connectivity index (χ4v) is 4.41. The summed E-state index contributed by atoms with van der Waals surface area (Å²) >= 11 is 12.4. The SMILES string of the molecule is CCOc1cccc(C2/C(=C(\O)c3ccc(Cl)c(OCC)c3)C(=O)C(=O)N2c2cccc(Cl)c2)c1. The highest BCUT2D eigenvalue weighted by molar-refractivity contribution is 6.51. The Morgan fingerprint density at radius 2 is 1.69 bits per heavy atom. The number of nitrogens with zero attached hydrogens (tertiary/aromatic N) is 1. The predicted molar refractivity (Wildman–Crippen MR) is 136 cm³/mol. The maximum atomic E-state index is 13.3. The largest absolute Gasteiger partial charge is 0.507 e. The van der Waals surface area contributed by atoms with Crippen molar-refractivity contribution in [2.24, 2.45) is 0 Å². The fourth-order valence-electron chi connectivity index (χ4n) is 4.05. The van der Waals surface area contributed by atoms with Gasteiger partial charge in [-0.05, 0) is 67.9 Å². The van der Waals surface area contributed by atoms with Gasteiger partial charge in [0.25, 0.3) is 11.7 Å². The molecule has 1 unspecified atom stereocenters. The first-order valence-corrected chi connectivity index (χ1v) is 11.8. The van der Waals surface area contributed by atoms with Crippen molar-refractivity contribution in [1.82, 2.24) is 0 Å². The highest BCUT2D eigenvalue weighted by Crippen LogP contribution is 2.43. The van der Waals surface area contributed by atoms with E-state index in [1.165, 1.54) is 4.90 Å². The Morgan fingerprint density at radius 3 is 2.40 bits per heavy atom. The van der Waals surface area contributed by atoms with Crippen LogP contribution in [0.4, 0.5) is 5.69 Å². The number of carbonyl (C=O) groups excluding carboxylic acids is 2. The molecule has 35 heavy (non-hydrogen) atoms. The molecule has 6 nitrogen and oxygen atoms in total. The normalized spacial score (nSPS) is 17.0. The summed E-state index contributed by atoms with van der Waals surface area (Å²) in [6.45, 7) is 4.49. The fraction of sp³-hybridized carbons (Fsp3) is 0.185. The van der Waals surface area contributed by atoms with Crippen molar-refractivity contribution >= 4 is 46.3 Å². The van der Waals surface area contributed by atoms with Crippen molar-refractivity contribution in [3.63, 3.8) is 0 Å². The van der Waals surface area contributed by atoms with E-state index >= 15 is 0 Å². The van der Waals surface area contributed by atoms with Crippen LogP contribution in [0.5, 0.6) is 11.5 Å². The summed E-state index contributed by atoms with van der Waals surface area (Å²) in [6.07, 6.45) is 0. The molecule has 0 bridgehead atoms. The van der Waals surface area contributed by atoms with Crippen molar-refractivity contribution < 1.29 is 24.2 Å². The summed E-state index contributed by atoms with van der Waals surface area (Å²) in [4.78, 5) is 28.0. The van der Waals surface area contributed by atoms with Crippen molar-refractivity contribution in [1.29, 1.82) is 0 Å². The van der Waals surface area contributed by atoms with E-state index in [4.69, 9.17) is 32.7 Å². The Kier molecular flexibility index (Phi) is 7.34. The summed E-state index contributed by atoms with van der Waals surface area (Å²) in [5, 5.41) is 12.1. The zero-order chi connectivity index (χ0) is 25.1. The average Bonchev–Trinajstić information content (AvgIpc) is 3.11. The second-order valence-electron chi connectivity index (χ2n) is 7.73. The van der Waals surface area contributed by atoms with Crippen LogP contribution >= 0.6 is 23.2 Å². The molecule has 1 heterocycles. The molecule has 1 aliphatic heterocycles. The van der Waals surface area contributed by atoms with Gasteiger partial charge in [-0.25, -0.2) is 0 Å². The minimum absolute atomic E-state index is 0.0617. The van der Waals surface area contributed by atoms with E-state index in [2.05, 4.69) is 0 Å². The third-order valence-electron chi connectivity index (χ3n) is 5.52. The molecule has 0 aromatic heterocycles. The number of ether oxygens (including phenoxy) is 2. The molecule has 8 heteroatoms. The second kappa shape index (κ2) is 10.4. The highest BCUT2D eigenvalue weighted by Gasteiger charge is 2.47. The number of aliphatic hydroxyl groups is 1. The lowest BCUT2D eigenvalue weighted by molar-refractivity contribution is -0.132. The molecular weight excluding hydrogens is 489 g/mol. The van der Waals surface area contributed by atoms with E-state index in [9.17, 15) is 14.7 Å². The average molecular weight is 512 g/mol. The second-order valence-corrected chi connectivity index (χ2v) is 8.58. The van der Waals surface area contributed by atoms with Crippen LogP contribution in [-0.2, 0) is 9.59 Å². The van der Waals surface area contributed by atoms with Crippen molar-refractivity contribution in [2.45, 2.75) is 19.9 Å². The minimum atomic E-state index is -0.917. The summed E-state index contributed by atoms with van der Waals surface area (Å²) in [5.74, 6) is -0.997. The van der Waals surface area contributed by atoms with E-state index < -0.39 is 17.7 Å². The Morgan fingerprint density at radius 1 is 0.943 bits per heavy atom. The molecule has 1 fully saturated rings. The van der Waals surface area contributed by atoms with Crippen LogP contribution in [0.15, 0.2) is 72.3 Å². The van der Waals surface area contributed by atoms with E-state index in [-0.39, 0.29) is 11.3 Å². The number of rotatable bonds is 7. The van der Waals surface area contributed by atoms with Gasteiger partial charge in [0.1, 0.15) is 17.3 Å². The number of hydrogen-bond donors (Lipinski definition) is 1. The van der Waals surface area contributed by atoms with Crippen LogP contribution < -0.4 is 14.4 Å². The van der Waals surface area contributed by atoms with Gasteiger partial charge in [0, 0.05) is 16.3 Å². The van der Waals surface area contributed by atoms with Gasteiger partial charge in [0.2, 0.25) is 0 Å². The lowest BCUT2D eigenvalue weighted by atomic mass is 9.95. The van der Waals surface area contributed by atoms with Gasteiger partial charge in [-0.3, -0.25) is 14.5 Å². The number of benzene rings is 3. The molecule has 0 radical (unpaired) electrons. The van der Waals surface area contributed by atoms with Gasteiger partial charge in [0.15, 0.2) is 0 Å². The highest BCUT2D eigenvalue weighted by atomic mass is 35.5. The summed E-state index contributed by atoms with van der Waals surface area (Å²) in [7, 11) is 0. The van der Waals surface area contributed by atoms with Crippen LogP contribution in [0.1, 0.15) is 31.0 Å². The van der Waals surface area contributed by atoms with Crippen LogP contribution in [0.25, 0.3) is 5.76 Å². The summed E-state index contributed by atoms with van der Waals surface area (Å²) in [5.41, 5.74) is 1.26.